The van der Waals surface area contributed by atoms with Gasteiger partial charge in [0.2, 0.25) is 0 Å². The van der Waals surface area contributed by atoms with Crippen LogP contribution in [0.1, 0.15) is 24.4 Å². The molecule has 3 rings (SSSR count). The van der Waals surface area contributed by atoms with E-state index < -0.39 is 0 Å². The first kappa shape index (κ1) is 11.8. The highest BCUT2D eigenvalue weighted by Crippen LogP contribution is 2.39. The maximum atomic E-state index is 9.46. The van der Waals surface area contributed by atoms with E-state index in [0.717, 1.165) is 31.8 Å². The first-order valence-corrected chi connectivity index (χ1v) is 6.51. The summed E-state index contributed by atoms with van der Waals surface area (Å²) in [7, 11) is 2.16. The Balaban J connectivity index is 1.78. The summed E-state index contributed by atoms with van der Waals surface area (Å²) in [6, 6.07) is 6.26. The van der Waals surface area contributed by atoms with Crippen molar-refractivity contribution in [1.29, 1.82) is 0 Å². The molecule has 2 aliphatic rings. The number of rotatable bonds is 2. The number of phenols is 1. The molecule has 98 valence electrons. The Hall–Kier alpha value is -1.26. The summed E-state index contributed by atoms with van der Waals surface area (Å²) >= 11 is 0. The van der Waals surface area contributed by atoms with E-state index in [2.05, 4.69) is 11.9 Å². The molecule has 1 atom stereocenters. The van der Waals surface area contributed by atoms with E-state index in [-0.39, 0.29) is 5.75 Å². The number of benzene rings is 1. The molecule has 4 heteroatoms. The Labute approximate surface area is 107 Å². The number of likely N-dealkylation sites (N-methyl/N-ethyl adjacent to an activating group) is 1. The molecule has 1 N–H and O–H groups in total. The van der Waals surface area contributed by atoms with Crippen LogP contribution in [0.3, 0.4) is 0 Å². The van der Waals surface area contributed by atoms with Gasteiger partial charge in [0.1, 0.15) is 18.1 Å². The highest BCUT2D eigenvalue weighted by Gasteiger charge is 2.32. The molecule has 0 aromatic heterocycles. The molecule has 0 spiro atoms. The fourth-order valence-corrected chi connectivity index (χ4v) is 2.87. The minimum atomic E-state index is 0.267. The van der Waals surface area contributed by atoms with Crippen molar-refractivity contribution in [3.63, 3.8) is 0 Å². The van der Waals surface area contributed by atoms with Crippen molar-refractivity contribution < 1.29 is 14.6 Å². The third kappa shape index (κ3) is 2.06. The minimum Gasteiger partial charge on any atom is -0.508 e. The zero-order valence-corrected chi connectivity index (χ0v) is 10.6. The summed E-state index contributed by atoms with van der Waals surface area (Å²) in [5, 5.41) is 9.46. The van der Waals surface area contributed by atoms with Crippen LogP contribution in [0.4, 0.5) is 0 Å². The van der Waals surface area contributed by atoms with Crippen LogP contribution in [0.5, 0.6) is 11.5 Å². The van der Waals surface area contributed by atoms with Crippen molar-refractivity contribution >= 4 is 0 Å². The third-order valence-corrected chi connectivity index (χ3v) is 4.01. The Morgan fingerprint density at radius 1 is 1.28 bits per heavy atom. The lowest BCUT2D eigenvalue weighted by Crippen LogP contribution is -2.39. The molecule has 0 amide bonds. The molecule has 1 fully saturated rings. The molecule has 2 heterocycles. The molecule has 0 saturated carbocycles. The molecule has 18 heavy (non-hydrogen) atoms. The largest absolute Gasteiger partial charge is 0.508 e. The maximum Gasteiger partial charge on any atom is 0.127 e. The normalized spacial score (nSPS) is 24.0. The summed E-state index contributed by atoms with van der Waals surface area (Å²) in [6.07, 6.45) is 2.17. The molecule has 1 unspecified atom stereocenters. The lowest BCUT2D eigenvalue weighted by molar-refractivity contribution is 0.0247. The van der Waals surface area contributed by atoms with E-state index in [1.807, 2.05) is 6.07 Å². The van der Waals surface area contributed by atoms with Crippen LogP contribution in [0.15, 0.2) is 18.2 Å². The predicted octanol–water partition coefficient (Wildman–Crippen LogP) is 1.94. The Morgan fingerprint density at radius 3 is 2.83 bits per heavy atom. The number of fused-ring (bicyclic) bond motifs is 1. The zero-order valence-electron chi connectivity index (χ0n) is 10.6. The van der Waals surface area contributed by atoms with Gasteiger partial charge in [0.15, 0.2) is 0 Å². The maximum absolute atomic E-state index is 9.46. The number of hydrogen-bond acceptors (Lipinski definition) is 4. The number of ether oxygens (including phenoxy) is 2. The van der Waals surface area contributed by atoms with E-state index in [1.165, 1.54) is 5.56 Å². The fraction of sp³-hybridized carbons (Fsp3) is 0.571. The SMILES string of the molecule is CN(C1CCOCC1)C1COc2cc(O)ccc21. The molecule has 1 aromatic carbocycles. The first-order chi connectivity index (χ1) is 8.75. The van der Waals surface area contributed by atoms with Gasteiger partial charge in [-0.1, -0.05) is 0 Å². The van der Waals surface area contributed by atoms with Gasteiger partial charge in [0.05, 0.1) is 6.04 Å². The van der Waals surface area contributed by atoms with Crippen molar-refractivity contribution in [3.8, 4) is 11.5 Å². The second kappa shape index (κ2) is 4.78. The van der Waals surface area contributed by atoms with Crippen molar-refractivity contribution in [2.24, 2.45) is 0 Å². The summed E-state index contributed by atoms with van der Waals surface area (Å²) in [5.74, 6) is 1.09. The molecule has 1 saturated heterocycles. The number of hydrogen-bond donors (Lipinski definition) is 1. The molecule has 0 aliphatic carbocycles. The molecule has 4 nitrogen and oxygen atoms in total. The van der Waals surface area contributed by atoms with Gasteiger partial charge in [-0.3, -0.25) is 4.90 Å². The van der Waals surface area contributed by atoms with Crippen LogP contribution in [-0.4, -0.2) is 42.9 Å². The molecular formula is C14H19NO3. The van der Waals surface area contributed by atoms with E-state index >= 15 is 0 Å². The molecule has 1 aromatic rings. The van der Waals surface area contributed by atoms with Crippen LogP contribution in [0.2, 0.25) is 0 Å². The van der Waals surface area contributed by atoms with Gasteiger partial charge in [-0.15, -0.1) is 0 Å². The summed E-state index contributed by atoms with van der Waals surface area (Å²) in [5.41, 5.74) is 1.18. The van der Waals surface area contributed by atoms with Crippen LogP contribution >= 0.6 is 0 Å². The fourth-order valence-electron chi connectivity index (χ4n) is 2.87. The molecule has 0 radical (unpaired) electrons. The minimum absolute atomic E-state index is 0.267. The Morgan fingerprint density at radius 2 is 2.06 bits per heavy atom. The smallest absolute Gasteiger partial charge is 0.127 e. The Bertz CT molecular complexity index is 429. The number of nitrogens with zero attached hydrogens (tertiary/aromatic N) is 1. The Kier molecular flexibility index (Phi) is 3.14. The number of phenolic OH excluding ortho intramolecular Hbond substituents is 1. The third-order valence-electron chi connectivity index (χ3n) is 4.01. The van der Waals surface area contributed by atoms with E-state index in [0.29, 0.717) is 18.7 Å². The van der Waals surface area contributed by atoms with E-state index in [1.54, 1.807) is 12.1 Å². The van der Waals surface area contributed by atoms with Gasteiger partial charge in [-0.05, 0) is 32.0 Å². The van der Waals surface area contributed by atoms with Gasteiger partial charge >= 0.3 is 0 Å². The lowest BCUT2D eigenvalue weighted by atomic mass is 10.0. The topological polar surface area (TPSA) is 41.9 Å². The van der Waals surface area contributed by atoms with Gasteiger partial charge in [0.25, 0.3) is 0 Å². The lowest BCUT2D eigenvalue weighted by Gasteiger charge is -2.34. The predicted molar refractivity (Wildman–Crippen MR) is 67.9 cm³/mol. The second-order valence-corrected chi connectivity index (χ2v) is 5.06. The van der Waals surface area contributed by atoms with Crippen molar-refractivity contribution in [2.75, 3.05) is 26.9 Å². The molecule has 0 bridgehead atoms. The average molecular weight is 249 g/mol. The average Bonchev–Trinajstić information content (AvgIpc) is 2.81. The summed E-state index contributed by atoms with van der Waals surface area (Å²) in [6.45, 7) is 2.38. The van der Waals surface area contributed by atoms with Crippen LogP contribution < -0.4 is 4.74 Å². The van der Waals surface area contributed by atoms with Crippen molar-refractivity contribution in [2.45, 2.75) is 24.9 Å². The van der Waals surface area contributed by atoms with Crippen LogP contribution in [-0.2, 0) is 4.74 Å². The first-order valence-electron chi connectivity index (χ1n) is 6.51. The monoisotopic (exact) mass is 249 g/mol. The van der Waals surface area contributed by atoms with E-state index in [9.17, 15) is 5.11 Å². The highest BCUT2D eigenvalue weighted by atomic mass is 16.5. The van der Waals surface area contributed by atoms with Gasteiger partial charge < -0.3 is 14.6 Å². The van der Waals surface area contributed by atoms with E-state index in [4.69, 9.17) is 9.47 Å². The van der Waals surface area contributed by atoms with Gasteiger partial charge in [-0.25, -0.2) is 0 Å². The number of aromatic hydroxyl groups is 1. The quantitative estimate of drug-likeness (QED) is 0.869. The summed E-state index contributed by atoms with van der Waals surface area (Å²) in [4.78, 5) is 2.39. The van der Waals surface area contributed by atoms with Gasteiger partial charge in [0, 0.05) is 30.9 Å². The van der Waals surface area contributed by atoms with Crippen molar-refractivity contribution in [3.05, 3.63) is 23.8 Å². The van der Waals surface area contributed by atoms with Crippen molar-refractivity contribution in [1.82, 2.24) is 4.90 Å². The summed E-state index contributed by atoms with van der Waals surface area (Å²) < 4.78 is 11.1. The van der Waals surface area contributed by atoms with Gasteiger partial charge in [-0.2, -0.15) is 0 Å². The zero-order chi connectivity index (χ0) is 12.5. The van der Waals surface area contributed by atoms with Crippen LogP contribution in [0, 0.1) is 0 Å². The molecule has 2 aliphatic heterocycles. The molecular weight excluding hydrogens is 230 g/mol. The highest BCUT2D eigenvalue weighted by molar-refractivity contribution is 5.44. The van der Waals surface area contributed by atoms with Crippen LogP contribution in [0.25, 0.3) is 0 Å². The standard InChI is InChI=1S/C14H19NO3/c1-15(10-4-6-17-7-5-10)13-9-18-14-8-11(16)2-3-12(13)14/h2-3,8,10,13,16H,4-7,9H2,1H3. The second-order valence-electron chi connectivity index (χ2n) is 5.06.